The lowest BCUT2D eigenvalue weighted by Crippen LogP contribution is -2.49. The fourth-order valence-corrected chi connectivity index (χ4v) is 3.68. The number of fused-ring (bicyclic) bond motifs is 1. The van der Waals surface area contributed by atoms with Crippen molar-refractivity contribution in [3.8, 4) is 0 Å². The molecule has 1 fully saturated rings. The molecule has 0 radical (unpaired) electrons. The number of ether oxygens (including phenoxy) is 2. The van der Waals surface area contributed by atoms with E-state index < -0.39 is 0 Å². The summed E-state index contributed by atoms with van der Waals surface area (Å²) < 4.78 is 10.9. The number of hydrogen-bond acceptors (Lipinski definition) is 4. The van der Waals surface area contributed by atoms with Crippen molar-refractivity contribution < 1.29 is 9.47 Å². The summed E-state index contributed by atoms with van der Waals surface area (Å²) in [5, 5.41) is 3.78. The summed E-state index contributed by atoms with van der Waals surface area (Å²) >= 11 is 0. The van der Waals surface area contributed by atoms with Crippen LogP contribution < -0.4 is 11.1 Å². The lowest BCUT2D eigenvalue weighted by Gasteiger charge is -2.33. The monoisotopic (exact) mass is 290 g/mol. The fourth-order valence-electron chi connectivity index (χ4n) is 3.68. The molecular weight excluding hydrogens is 264 g/mol. The number of nitrogens with one attached hydrogen (secondary N) is 1. The highest BCUT2D eigenvalue weighted by Crippen LogP contribution is 2.30. The van der Waals surface area contributed by atoms with Gasteiger partial charge >= 0.3 is 0 Å². The SMILES string of the molecule is COCC(N[C@@H]1Cc2ccccc2[C@H]1N)C1CCOCC1. The van der Waals surface area contributed by atoms with Gasteiger partial charge in [0.05, 0.1) is 6.61 Å². The van der Waals surface area contributed by atoms with Crippen molar-refractivity contribution in [2.75, 3.05) is 26.9 Å². The van der Waals surface area contributed by atoms with Gasteiger partial charge in [0.25, 0.3) is 0 Å². The average Bonchev–Trinajstić information content (AvgIpc) is 2.84. The van der Waals surface area contributed by atoms with Crippen molar-refractivity contribution >= 4 is 0 Å². The molecule has 1 unspecified atom stereocenters. The minimum absolute atomic E-state index is 0.0837. The quantitative estimate of drug-likeness (QED) is 0.865. The normalized spacial score (nSPS) is 27.5. The van der Waals surface area contributed by atoms with E-state index in [1.807, 2.05) is 0 Å². The van der Waals surface area contributed by atoms with E-state index >= 15 is 0 Å². The van der Waals surface area contributed by atoms with E-state index in [4.69, 9.17) is 15.2 Å². The van der Waals surface area contributed by atoms with Gasteiger partial charge in [0, 0.05) is 38.4 Å². The maximum absolute atomic E-state index is 6.44. The second-order valence-electron chi connectivity index (χ2n) is 6.21. The zero-order valence-electron chi connectivity index (χ0n) is 12.8. The zero-order chi connectivity index (χ0) is 14.7. The third-order valence-electron chi connectivity index (χ3n) is 4.90. The predicted molar refractivity (Wildman–Crippen MR) is 83.2 cm³/mol. The maximum Gasteiger partial charge on any atom is 0.0618 e. The molecule has 116 valence electrons. The largest absolute Gasteiger partial charge is 0.383 e. The van der Waals surface area contributed by atoms with Gasteiger partial charge in [-0.2, -0.15) is 0 Å². The molecule has 0 spiro atoms. The van der Waals surface area contributed by atoms with Crippen molar-refractivity contribution in [2.24, 2.45) is 11.7 Å². The maximum atomic E-state index is 6.44. The Labute approximate surface area is 127 Å². The van der Waals surface area contributed by atoms with E-state index in [1.165, 1.54) is 11.1 Å². The van der Waals surface area contributed by atoms with Crippen molar-refractivity contribution in [1.29, 1.82) is 0 Å². The van der Waals surface area contributed by atoms with Gasteiger partial charge in [-0.3, -0.25) is 0 Å². The van der Waals surface area contributed by atoms with Crippen LogP contribution in [0.2, 0.25) is 0 Å². The van der Waals surface area contributed by atoms with Crippen LogP contribution >= 0.6 is 0 Å². The molecule has 1 aromatic rings. The van der Waals surface area contributed by atoms with Crippen LogP contribution in [-0.2, 0) is 15.9 Å². The van der Waals surface area contributed by atoms with Crippen LogP contribution in [0.4, 0.5) is 0 Å². The standard InChI is InChI=1S/C17H26N2O2/c1-20-11-16(12-6-8-21-9-7-12)19-15-10-13-4-2-3-5-14(13)17(15)18/h2-5,12,15-17,19H,6-11,18H2,1H3/t15-,16?,17-/m1/s1. The third kappa shape index (κ3) is 3.29. The Morgan fingerprint density at radius 1 is 1.33 bits per heavy atom. The van der Waals surface area contributed by atoms with Crippen LogP contribution in [-0.4, -0.2) is 39.0 Å². The molecular formula is C17H26N2O2. The number of benzene rings is 1. The van der Waals surface area contributed by atoms with E-state index in [-0.39, 0.29) is 6.04 Å². The molecule has 1 aliphatic carbocycles. The van der Waals surface area contributed by atoms with Gasteiger partial charge in [-0.15, -0.1) is 0 Å². The van der Waals surface area contributed by atoms with Gasteiger partial charge in [0.15, 0.2) is 0 Å². The Kier molecular flexibility index (Phi) is 4.91. The molecule has 21 heavy (non-hydrogen) atoms. The number of hydrogen-bond donors (Lipinski definition) is 2. The highest BCUT2D eigenvalue weighted by molar-refractivity contribution is 5.36. The van der Waals surface area contributed by atoms with E-state index in [0.717, 1.165) is 39.1 Å². The second-order valence-corrected chi connectivity index (χ2v) is 6.21. The Balaban J connectivity index is 1.66. The van der Waals surface area contributed by atoms with Crippen molar-refractivity contribution in [1.82, 2.24) is 5.32 Å². The molecule has 2 aliphatic rings. The highest BCUT2D eigenvalue weighted by atomic mass is 16.5. The third-order valence-corrected chi connectivity index (χ3v) is 4.90. The number of nitrogens with two attached hydrogens (primary N) is 1. The predicted octanol–water partition coefficient (Wildman–Crippen LogP) is 1.64. The molecule has 1 heterocycles. The van der Waals surface area contributed by atoms with Gasteiger partial charge < -0.3 is 20.5 Å². The molecule has 4 heteroatoms. The molecule has 3 rings (SSSR count). The van der Waals surface area contributed by atoms with Crippen LogP contribution in [0.15, 0.2) is 24.3 Å². The van der Waals surface area contributed by atoms with Gasteiger partial charge in [-0.05, 0) is 36.3 Å². The second kappa shape index (κ2) is 6.88. The van der Waals surface area contributed by atoms with Crippen molar-refractivity contribution in [2.45, 2.75) is 37.4 Å². The summed E-state index contributed by atoms with van der Waals surface area (Å²) in [7, 11) is 1.78. The van der Waals surface area contributed by atoms with E-state index in [0.29, 0.717) is 18.0 Å². The molecule has 3 atom stereocenters. The first-order chi connectivity index (χ1) is 10.3. The van der Waals surface area contributed by atoms with E-state index in [2.05, 4.69) is 29.6 Å². The van der Waals surface area contributed by atoms with Gasteiger partial charge in [0.2, 0.25) is 0 Å². The Morgan fingerprint density at radius 2 is 2.10 bits per heavy atom. The zero-order valence-corrected chi connectivity index (χ0v) is 12.8. The first kappa shape index (κ1) is 15.0. The Hall–Kier alpha value is -0.940. The molecule has 0 saturated carbocycles. The Morgan fingerprint density at radius 3 is 2.81 bits per heavy atom. The summed E-state index contributed by atoms with van der Waals surface area (Å²) in [6.45, 7) is 2.47. The molecule has 3 N–H and O–H groups in total. The van der Waals surface area contributed by atoms with E-state index in [1.54, 1.807) is 7.11 Å². The summed E-state index contributed by atoms with van der Waals surface area (Å²) in [4.78, 5) is 0. The molecule has 1 saturated heterocycles. The molecule has 1 aliphatic heterocycles. The Bertz CT molecular complexity index is 460. The lowest BCUT2D eigenvalue weighted by molar-refractivity contribution is 0.0345. The number of methoxy groups -OCH3 is 1. The van der Waals surface area contributed by atoms with Crippen LogP contribution in [0.1, 0.15) is 30.0 Å². The first-order valence-corrected chi connectivity index (χ1v) is 7.95. The summed E-state index contributed by atoms with van der Waals surface area (Å²) in [6, 6.07) is 9.28. The molecule has 4 nitrogen and oxygen atoms in total. The van der Waals surface area contributed by atoms with E-state index in [9.17, 15) is 0 Å². The molecule has 1 aromatic carbocycles. The molecule has 0 aromatic heterocycles. The fraction of sp³-hybridized carbons (Fsp3) is 0.647. The molecule has 0 amide bonds. The minimum Gasteiger partial charge on any atom is -0.383 e. The van der Waals surface area contributed by atoms with Crippen LogP contribution in [0, 0.1) is 5.92 Å². The smallest absolute Gasteiger partial charge is 0.0618 e. The van der Waals surface area contributed by atoms with Crippen molar-refractivity contribution in [3.05, 3.63) is 35.4 Å². The number of rotatable bonds is 5. The minimum atomic E-state index is 0.0837. The summed E-state index contributed by atoms with van der Waals surface area (Å²) in [6.07, 6.45) is 3.23. The van der Waals surface area contributed by atoms with Gasteiger partial charge in [0.1, 0.15) is 0 Å². The van der Waals surface area contributed by atoms with Gasteiger partial charge in [-0.25, -0.2) is 0 Å². The summed E-state index contributed by atoms with van der Waals surface area (Å²) in [5.74, 6) is 0.620. The lowest BCUT2D eigenvalue weighted by atomic mass is 9.91. The summed E-state index contributed by atoms with van der Waals surface area (Å²) in [5.41, 5.74) is 9.11. The molecule has 0 bridgehead atoms. The first-order valence-electron chi connectivity index (χ1n) is 7.95. The average molecular weight is 290 g/mol. The van der Waals surface area contributed by atoms with Crippen LogP contribution in [0.5, 0.6) is 0 Å². The van der Waals surface area contributed by atoms with Gasteiger partial charge in [-0.1, -0.05) is 24.3 Å². The highest BCUT2D eigenvalue weighted by Gasteiger charge is 2.33. The van der Waals surface area contributed by atoms with Crippen LogP contribution in [0.3, 0.4) is 0 Å². The van der Waals surface area contributed by atoms with Crippen LogP contribution in [0.25, 0.3) is 0 Å². The van der Waals surface area contributed by atoms with Crippen molar-refractivity contribution in [3.63, 3.8) is 0 Å². The topological polar surface area (TPSA) is 56.5 Å².